The van der Waals surface area contributed by atoms with Crippen LogP contribution >= 0.6 is 0 Å². The molecule has 0 aliphatic heterocycles. The molecule has 4 N–H and O–H groups in total. The zero-order valence-electron chi connectivity index (χ0n) is 23.3. The van der Waals surface area contributed by atoms with Gasteiger partial charge in [0.25, 0.3) is 0 Å². The van der Waals surface area contributed by atoms with E-state index in [1.54, 1.807) is 43.3 Å². The third-order valence-corrected chi connectivity index (χ3v) is 7.42. The summed E-state index contributed by atoms with van der Waals surface area (Å²) in [7, 11) is 0. The summed E-state index contributed by atoms with van der Waals surface area (Å²) < 4.78 is 26.8. The Kier molecular flexibility index (Phi) is 9.04. The number of hydrogen-bond acceptors (Lipinski definition) is 6. The molecule has 1 fully saturated rings. The zero-order chi connectivity index (χ0) is 29.6. The van der Waals surface area contributed by atoms with Gasteiger partial charge in [-0.15, -0.1) is 0 Å². The molecule has 0 saturated heterocycles. The van der Waals surface area contributed by atoms with Crippen LogP contribution < -0.4 is 15.7 Å². The minimum absolute atomic E-state index is 0.00955. The topological polar surface area (TPSA) is 126 Å². The molecule has 0 spiro atoms. The highest BCUT2D eigenvalue weighted by Gasteiger charge is 2.34. The lowest BCUT2D eigenvalue weighted by molar-refractivity contribution is -0.120. The monoisotopic (exact) mass is 575 g/mol. The lowest BCUT2D eigenvalue weighted by Crippen LogP contribution is -2.35. The Labute approximate surface area is 242 Å². The first-order valence-electron chi connectivity index (χ1n) is 14.0. The van der Waals surface area contributed by atoms with E-state index >= 15 is 0 Å². The number of carbonyl (C=O) groups is 1. The number of rotatable bonds is 13. The number of amides is 1. The average molecular weight is 576 g/mol. The van der Waals surface area contributed by atoms with Crippen LogP contribution in [0.15, 0.2) is 77.6 Å². The first kappa shape index (κ1) is 29.1. The van der Waals surface area contributed by atoms with Gasteiger partial charge in [-0.1, -0.05) is 43.3 Å². The molecule has 220 valence electrons. The summed E-state index contributed by atoms with van der Waals surface area (Å²) in [4.78, 5) is 29.7. The van der Waals surface area contributed by atoms with E-state index in [0.717, 1.165) is 28.5 Å². The second-order valence-corrected chi connectivity index (χ2v) is 10.4. The maximum atomic E-state index is 15.0. The highest BCUT2D eigenvalue weighted by molar-refractivity contribution is 5.95. The number of aliphatic hydroxyl groups is 1. The standard InChI is InChI=1S/C32H34FN3O6/c1-20(21-5-3-2-4-6-21)29(30(38)34-27-14-11-24(19-26(27)33)22-7-8-22)36-31(39)28(35-32(36)40)23-9-12-25(13-10-23)42-18-17-41-16-15-37/h2-6,9-14,19-20,22,29,37,39H,7-8,15-18H2,1H3,(H,34,38)(H,35,40)/t20-,29-/m0/s1. The molecule has 0 radical (unpaired) electrons. The van der Waals surface area contributed by atoms with E-state index in [4.69, 9.17) is 14.6 Å². The van der Waals surface area contributed by atoms with Gasteiger partial charge in [0, 0.05) is 11.5 Å². The molecule has 9 nitrogen and oxygen atoms in total. The Morgan fingerprint density at radius 2 is 1.81 bits per heavy atom. The largest absolute Gasteiger partial charge is 0.493 e. The summed E-state index contributed by atoms with van der Waals surface area (Å²) in [6.07, 6.45) is 2.05. The Bertz CT molecular complexity index is 1560. The van der Waals surface area contributed by atoms with Gasteiger partial charge in [0.05, 0.1) is 25.5 Å². The predicted octanol–water partition coefficient (Wildman–Crippen LogP) is 4.94. The predicted molar refractivity (Wildman–Crippen MR) is 156 cm³/mol. The quantitative estimate of drug-likeness (QED) is 0.168. The van der Waals surface area contributed by atoms with Gasteiger partial charge in [0.15, 0.2) is 0 Å². The molecule has 10 heteroatoms. The van der Waals surface area contributed by atoms with Crippen molar-refractivity contribution in [3.8, 4) is 22.9 Å². The van der Waals surface area contributed by atoms with Crippen LogP contribution in [0, 0.1) is 5.82 Å². The number of benzene rings is 3. The molecule has 0 bridgehead atoms. The van der Waals surface area contributed by atoms with Crippen molar-refractivity contribution in [3.63, 3.8) is 0 Å². The van der Waals surface area contributed by atoms with Crippen LogP contribution in [0.1, 0.15) is 48.8 Å². The maximum Gasteiger partial charge on any atom is 0.329 e. The first-order chi connectivity index (χ1) is 20.4. The number of ether oxygens (including phenoxy) is 2. The van der Waals surface area contributed by atoms with Crippen molar-refractivity contribution < 1.29 is 28.9 Å². The smallest absolute Gasteiger partial charge is 0.329 e. The van der Waals surface area contributed by atoms with E-state index in [1.165, 1.54) is 6.07 Å². The number of imidazole rings is 1. The van der Waals surface area contributed by atoms with Crippen LogP contribution in [-0.4, -0.2) is 52.1 Å². The lowest BCUT2D eigenvalue weighted by atomic mass is 9.92. The second-order valence-electron chi connectivity index (χ2n) is 10.4. The number of nitrogens with zero attached hydrogens (tertiary/aromatic N) is 1. The Hall–Kier alpha value is -4.41. The fourth-order valence-corrected chi connectivity index (χ4v) is 5.02. The number of carbonyl (C=O) groups excluding carboxylic acids is 1. The van der Waals surface area contributed by atoms with Crippen molar-refractivity contribution in [3.05, 3.63) is 100 Å². The molecule has 1 heterocycles. The van der Waals surface area contributed by atoms with E-state index in [-0.39, 0.29) is 31.2 Å². The van der Waals surface area contributed by atoms with Gasteiger partial charge < -0.3 is 30.0 Å². The number of hydrogen-bond donors (Lipinski definition) is 4. The molecule has 1 aliphatic rings. The molecule has 1 aliphatic carbocycles. The van der Waals surface area contributed by atoms with Crippen molar-refractivity contribution in [2.45, 2.75) is 37.6 Å². The second kappa shape index (κ2) is 13.1. The number of H-pyrrole nitrogens is 1. The molecule has 3 aromatic carbocycles. The molecule has 4 aromatic rings. The molecule has 2 atom stereocenters. The molecule has 1 amide bonds. The molecule has 1 saturated carbocycles. The van der Waals surface area contributed by atoms with Crippen LogP contribution in [0.4, 0.5) is 10.1 Å². The highest BCUT2D eigenvalue weighted by atomic mass is 19.1. The molecule has 42 heavy (non-hydrogen) atoms. The maximum absolute atomic E-state index is 15.0. The number of aromatic amines is 1. The van der Waals surface area contributed by atoms with Gasteiger partial charge in [-0.2, -0.15) is 0 Å². The summed E-state index contributed by atoms with van der Waals surface area (Å²) in [5.74, 6) is -1.26. The lowest BCUT2D eigenvalue weighted by Gasteiger charge is -2.25. The van der Waals surface area contributed by atoms with Crippen LogP contribution in [-0.2, 0) is 9.53 Å². The van der Waals surface area contributed by atoms with Crippen molar-refractivity contribution in [2.75, 3.05) is 31.7 Å². The van der Waals surface area contributed by atoms with Crippen LogP contribution in [0.25, 0.3) is 11.3 Å². The van der Waals surface area contributed by atoms with E-state index in [1.807, 2.05) is 30.3 Å². The van der Waals surface area contributed by atoms with E-state index < -0.39 is 35.3 Å². The van der Waals surface area contributed by atoms with Crippen molar-refractivity contribution in [2.24, 2.45) is 0 Å². The van der Waals surface area contributed by atoms with Gasteiger partial charge in [-0.25, -0.2) is 13.8 Å². The van der Waals surface area contributed by atoms with Crippen LogP contribution in [0.5, 0.6) is 11.6 Å². The van der Waals surface area contributed by atoms with Crippen molar-refractivity contribution in [1.82, 2.24) is 9.55 Å². The number of aromatic nitrogens is 2. The summed E-state index contributed by atoms with van der Waals surface area (Å²) in [5.41, 5.74) is 1.62. The van der Waals surface area contributed by atoms with Crippen LogP contribution in [0.3, 0.4) is 0 Å². The summed E-state index contributed by atoms with van der Waals surface area (Å²) in [6, 6.07) is 19.5. The zero-order valence-corrected chi connectivity index (χ0v) is 23.3. The van der Waals surface area contributed by atoms with Gasteiger partial charge >= 0.3 is 5.69 Å². The Balaban J connectivity index is 1.43. The summed E-state index contributed by atoms with van der Waals surface area (Å²) in [6.45, 7) is 2.55. The van der Waals surface area contributed by atoms with Gasteiger partial charge in [-0.05, 0) is 66.3 Å². The Morgan fingerprint density at radius 3 is 2.48 bits per heavy atom. The highest BCUT2D eigenvalue weighted by Crippen LogP contribution is 2.41. The van der Waals surface area contributed by atoms with E-state index in [2.05, 4.69) is 10.3 Å². The number of nitrogens with one attached hydrogen (secondary N) is 2. The summed E-state index contributed by atoms with van der Waals surface area (Å²) >= 11 is 0. The Morgan fingerprint density at radius 1 is 1.07 bits per heavy atom. The van der Waals surface area contributed by atoms with Crippen molar-refractivity contribution in [1.29, 1.82) is 0 Å². The van der Waals surface area contributed by atoms with Crippen molar-refractivity contribution >= 4 is 11.6 Å². The third kappa shape index (κ3) is 6.56. The van der Waals surface area contributed by atoms with E-state index in [0.29, 0.717) is 23.8 Å². The third-order valence-electron chi connectivity index (χ3n) is 7.42. The van der Waals surface area contributed by atoms with Gasteiger partial charge in [0.2, 0.25) is 11.8 Å². The molecular formula is C32H34FN3O6. The number of halogens is 1. The van der Waals surface area contributed by atoms with Crippen LogP contribution in [0.2, 0.25) is 0 Å². The van der Waals surface area contributed by atoms with Gasteiger partial charge in [-0.3, -0.25) is 4.79 Å². The fraction of sp³-hybridized carbons (Fsp3) is 0.312. The minimum Gasteiger partial charge on any atom is -0.493 e. The summed E-state index contributed by atoms with van der Waals surface area (Å²) in [5, 5.41) is 22.7. The molecule has 5 rings (SSSR count). The number of aromatic hydroxyl groups is 1. The fourth-order valence-electron chi connectivity index (χ4n) is 5.02. The number of aliphatic hydroxyl groups excluding tert-OH is 1. The average Bonchev–Trinajstić information content (AvgIpc) is 3.81. The minimum atomic E-state index is -1.20. The molecular weight excluding hydrogens is 541 g/mol. The molecule has 1 aromatic heterocycles. The number of anilines is 1. The normalized spacial score (nSPS) is 14.4. The first-order valence-corrected chi connectivity index (χ1v) is 14.0. The van der Waals surface area contributed by atoms with Gasteiger partial charge in [0.1, 0.15) is 29.9 Å². The van der Waals surface area contributed by atoms with E-state index in [9.17, 15) is 19.1 Å². The SMILES string of the molecule is C[C@@H](c1ccccc1)[C@@H](C(=O)Nc1ccc(C2CC2)cc1F)n1c(O)c(-c2ccc(OCCOCCO)cc2)[nH]c1=O. The molecule has 0 unspecified atom stereocenters.